The molecule has 80 valence electrons. The van der Waals surface area contributed by atoms with Crippen LogP contribution in [-0.4, -0.2) is 18.2 Å². The number of carbonyl (C=O) groups is 2. The normalized spacial score (nSPS) is 11.9. The number of amides is 1. The Morgan fingerprint density at radius 2 is 2.33 bits per heavy atom. The summed E-state index contributed by atoms with van der Waals surface area (Å²) < 4.78 is 0. The third-order valence-electron chi connectivity index (χ3n) is 1.85. The first-order valence-electron chi connectivity index (χ1n) is 4.61. The predicted molar refractivity (Wildman–Crippen MR) is 58.8 cm³/mol. The van der Waals surface area contributed by atoms with Crippen LogP contribution in [0, 0.1) is 0 Å². The van der Waals surface area contributed by atoms with Crippen LogP contribution in [0.2, 0.25) is 5.02 Å². The molecule has 1 amide bonds. The summed E-state index contributed by atoms with van der Waals surface area (Å²) in [6.45, 7) is 1.63. The van der Waals surface area contributed by atoms with E-state index in [1.54, 1.807) is 25.1 Å². The molecular formula is C11H12ClNO2. The van der Waals surface area contributed by atoms with Gasteiger partial charge in [-0.1, -0.05) is 23.7 Å². The van der Waals surface area contributed by atoms with Crippen molar-refractivity contribution in [3.8, 4) is 0 Å². The van der Waals surface area contributed by atoms with E-state index in [1.165, 1.54) is 0 Å². The van der Waals surface area contributed by atoms with Gasteiger partial charge in [-0.2, -0.15) is 0 Å². The molecule has 1 N–H and O–H groups in total. The molecule has 1 rings (SSSR count). The molecule has 0 unspecified atom stereocenters. The lowest BCUT2D eigenvalue weighted by Crippen LogP contribution is -2.34. The molecule has 15 heavy (non-hydrogen) atoms. The van der Waals surface area contributed by atoms with Crippen LogP contribution in [0.1, 0.15) is 12.5 Å². The second kappa shape index (κ2) is 5.51. The topological polar surface area (TPSA) is 46.2 Å². The SMILES string of the molecule is C[C@@H](C=O)NC(=O)Cc1cccc(Cl)c1. The molecule has 0 heterocycles. The minimum absolute atomic E-state index is 0.183. The van der Waals surface area contributed by atoms with Crippen molar-refractivity contribution in [2.75, 3.05) is 0 Å². The van der Waals surface area contributed by atoms with E-state index in [0.717, 1.165) is 5.56 Å². The Labute approximate surface area is 93.4 Å². The van der Waals surface area contributed by atoms with Gasteiger partial charge >= 0.3 is 0 Å². The van der Waals surface area contributed by atoms with Crippen molar-refractivity contribution in [3.63, 3.8) is 0 Å². The number of rotatable bonds is 4. The van der Waals surface area contributed by atoms with E-state index in [4.69, 9.17) is 11.6 Å². The van der Waals surface area contributed by atoms with Gasteiger partial charge in [-0.15, -0.1) is 0 Å². The molecule has 0 bridgehead atoms. The van der Waals surface area contributed by atoms with Crippen LogP contribution in [0.25, 0.3) is 0 Å². The molecule has 0 saturated carbocycles. The van der Waals surface area contributed by atoms with Gasteiger partial charge < -0.3 is 10.1 Å². The zero-order valence-electron chi connectivity index (χ0n) is 8.37. The Bertz CT molecular complexity index is 365. The zero-order chi connectivity index (χ0) is 11.3. The average molecular weight is 226 g/mol. The van der Waals surface area contributed by atoms with Gasteiger partial charge in [-0.3, -0.25) is 4.79 Å². The lowest BCUT2D eigenvalue weighted by atomic mass is 10.1. The van der Waals surface area contributed by atoms with Crippen molar-refractivity contribution in [1.82, 2.24) is 5.32 Å². The van der Waals surface area contributed by atoms with Crippen LogP contribution < -0.4 is 5.32 Å². The largest absolute Gasteiger partial charge is 0.347 e. The summed E-state index contributed by atoms with van der Waals surface area (Å²) in [5.41, 5.74) is 0.832. The Morgan fingerprint density at radius 1 is 1.60 bits per heavy atom. The second-order valence-electron chi connectivity index (χ2n) is 3.30. The van der Waals surface area contributed by atoms with Crippen LogP contribution in [0.15, 0.2) is 24.3 Å². The summed E-state index contributed by atoms with van der Waals surface area (Å²) in [4.78, 5) is 21.7. The maximum absolute atomic E-state index is 11.4. The van der Waals surface area contributed by atoms with E-state index in [0.29, 0.717) is 11.3 Å². The molecule has 0 aromatic heterocycles. The lowest BCUT2D eigenvalue weighted by molar-refractivity contribution is -0.123. The van der Waals surface area contributed by atoms with E-state index in [1.807, 2.05) is 6.07 Å². The molecule has 1 aromatic carbocycles. The van der Waals surface area contributed by atoms with Gasteiger partial charge in [0.15, 0.2) is 0 Å². The smallest absolute Gasteiger partial charge is 0.224 e. The maximum atomic E-state index is 11.4. The number of benzene rings is 1. The zero-order valence-corrected chi connectivity index (χ0v) is 9.12. The van der Waals surface area contributed by atoms with Gasteiger partial charge in [0.1, 0.15) is 6.29 Å². The molecule has 0 aliphatic carbocycles. The highest BCUT2D eigenvalue weighted by atomic mass is 35.5. The van der Waals surface area contributed by atoms with Crippen LogP contribution in [0.5, 0.6) is 0 Å². The Morgan fingerprint density at radius 3 is 2.93 bits per heavy atom. The monoisotopic (exact) mass is 225 g/mol. The molecular weight excluding hydrogens is 214 g/mol. The summed E-state index contributed by atoms with van der Waals surface area (Å²) in [5, 5.41) is 3.15. The fourth-order valence-corrected chi connectivity index (χ4v) is 1.38. The van der Waals surface area contributed by atoms with Crippen molar-refractivity contribution < 1.29 is 9.59 Å². The molecule has 0 aliphatic heterocycles. The third-order valence-corrected chi connectivity index (χ3v) is 2.08. The van der Waals surface area contributed by atoms with Gasteiger partial charge in [-0.25, -0.2) is 0 Å². The maximum Gasteiger partial charge on any atom is 0.224 e. The quantitative estimate of drug-likeness (QED) is 0.791. The molecule has 3 nitrogen and oxygen atoms in total. The highest BCUT2D eigenvalue weighted by Gasteiger charge is 2.06. The van der Waals surface area contributed by atoms with Gasteiger partial charge in [0.05, 0.1) is 12.5 Å². The first-order valence-corrected chi connectivity index (χ1v) is 4.98. The molecule has 4 heteroatoms. The third kappa shape index (κ3) is 4.13. The van der Waals surface area contributed by atoms with Gasteiger partial charge in [0.2, 0.25) is 5.91 Å². The Hall–Kier alpha value is -1.35. The molecule has 0 saturated heterocycles. The summed E-state index contributed by atoms with van der Waals surface area (Å²) in [6.07, 6.45) is 0.925. The summed E-state index contributed by atoms with van der Waals surface area (Å²) in [5.74, 6) is -0.183. The highest BCUT2D eigenvalue weighted by molar-refractivity contribution is 6.30. The number of hydrogen-bond acceptors (Lipinski definition) is 2. The molecule has 0 spiro atoms. The fraction of sp³-hybridized carbons (Fsp3) is 0.273. The minimum atomic E-state index is -0.448. The van der Waals surface area contributed by atoms with Crippen molar-refractivity contribution in [2.45, 2.75) is 19.4 Å². The van der Waals surface area contributed by atoms with E-state index >= 15 is 0 Å². The van der Waals surface area contributed by atoms with Gasteiger partial charge in [0.25, 0.3) is 0 Å². The van der Waals surface area contributed by atoms with Crippen LogP contribution >= 0.6 is 11.6 Å². The number of halogens is 1. The summed E-state index contributed by atoms with van der Waals surface area (Å²) in [7, 11) is 0. The van der Waals surface area contributed by atoms with E-state index < -0.39 is 6.04 Å². The standard InChI is InChI=1S/C11H12ClNO2/c1-8(7-14)13-11(15)6-9-3-2-4-10(12)5-9/h2-5,7-8H,6H2,1H3,(H,13,15)/t8-/m0/s1. The number of carbonyl (C=O) groups excluding carboxylic acids is 2. The number of nitrogens with one attached hydrogen (secondary N) is 1. The minimum Gasteiger partial charge on any atom is -0.347 e. The Kier molecular flexibility index (Phi) is 4.31. The van der Waals surface area contributed by atoms with Gasteiger partial charge in [0, 0.05) is 5.02 Å². The average Bonchev–Trinajstić information content (AvgIpc) is 2.17. The first-order chi connectivity index (χ1) is 7.11. The fourth-order valence-electron chi connectivity index (χ4n) is 1.17. The van der Waals surface area contributed by atoms with Crippen molar-refractivity contribution in [2.24, 2.45) is 0 Å². The first kappa shape index (κ1) is 11.7. The molecule has 1 aromatic rings. The summed E-state index contributed by atoms with van der Waals surface area (Å²) >= 11 is 5.77. The molecule has 0 radical (unpaired) electrons. The van der Waals surface area contributed by atoms with Crippen molar-refractivity contribution >= 4 is 23.8 Å². The second-order valence-corrected chi connectivity index (χ2v) is 3.74. The van der Waals surface area contributed by atoms with E-state index in [2.05, 4.69) is 5.32 Å². The number of aldehydes is 1. The van der Waals surface area contributed by atoms with E-state index in [-0.39, 0.29) is 12.3 Å². The lowest BCUT2D eigenvalue weighted by Gasteiger charge is -2.07. The molecule has 0 aliphatic rings. The molecule has 1 atom stereocenters. The summed E-state index contributed by atoms with van der Waals surface area (Å²) in [6, 6.07) is 6.63. The Balaban J connectivity index is 2.55. The van der Waals surface area contributed by atoms with Crippen molar-refractivity contribution in [3.05, 3.63) is 34.9 Å². The van der Waals surface area contributed by atoms with Gasteiger partial charge in [-0.05, 0) is 24.6 Å². The van der Waals surface area contributed by atoms with Crippen LogP contribution in [0.3, 0.4) is 0 Å². The van der Waals surface area contributed by atoms with E-state index in [9.17, 15) is 9.59 Å². The number of hydrogen-bond donors (Lipinski definition) is 1. The molecule has 0 fully saturated rings. The van der Waals surface area contributed by atoms with Crippen LogP contribution in [-0.2, 0) is 16.0 Å². The highest BCUT2D eigenvalue weighted by Crippen LogP contribution is 2.10. The van der Waals surface area contributed by atoms with Crippen molar-refractivity contribution in [1.29, 1.82) is 0 Å². The van der Waals surface area contributed by atoms with Crippen LogP contribution in [0.4, 0.5) is 0 Å². The predicted octanol–water partition coefficient (Wildman–Crippen LogP) is 1.59.